The van der Waals surface area contributed by atoms with E-state index in [4.69, 9.17) is 4.74 Å². The highest BCUT2D eigenvalue weighted by Gasteiger charge is 2.34. The summed E-state index contributed by atoms with van der Waals surface area (Å²) in [6.07, 6.45) is 1.59. The Balaban J connectivity index is 2.71. The molecular weight excluding hydrogens is 238 g/mol. The number of ether oxygens (including phenoxy) is 1. The lowest BCUT2D eigenvalue weighted by Crippen LogP contribution is -2.53. The Bertz CT molecular complexity index is 389. The van der Waals surface area contributed by atoms with Gasteiger partial charge in [-0.3, -0.25) is 10.1 Å². The Kier molecular flexibility index (Phi) is 6.03. The largest absolute Gasteiger partial charge is 0.465 e. The van der Waals surface area contributed by atoms with Crippen LogP contribution in [0, 0.1) is 0 Å². The molecule has 0 spiro atoms. The van der Waals surface area contributed by atoms with E-state index in [1.54, 1.807) is 0 Å². The van der Waals surface area contributed by atoms with E-state index >= 15 is 0 Å². The van der Waals surface area contributed by atoms with Crippen LogP contribution in [-0.2, 0) is 16.0 Å². The van der Waals surface area contributed by atoms with E-state index in [0.29, 0.717) is 6.61 Å². The van der Waals surface area contributed by atoms with Crippen molar-refractivity contribution in [2.24, 2.45) is 0 Å². The molecule has 1 unspecified atom stereocenters. The Hall–Kier alpha value is -1.35. The summed E-state index contributed by atoms with van der Waals surface area (Å²) in [5, 5.41) is 3.34. The van der Waals surface area contributed by atoms with Gasteiger partial charge in [0.2, 0.25) is 0 Å². The molecule has 0 aliphatic heterocycles. The molecule has 0 fully saturated rings. The molecule has 106 valence electrons. The maximum atomic E-state index is 12.1. The molecule has 19 heavy (non-hydrogen) atoms. The second-order valence-corrected chi connectivity index (χ2v) is 5.34. The summed E-state index contributed by atoms with van der Waals surface area (Å²) < 4.78 is 5.19. The third kappa shape index (κ3) is 5.03. The predicted molar refractivity (Wildman–Crippen MR) is 78.1 cm³/mol. The molecule has 0 heterocycles. The third-order valence-corrected chi connectivity index (χ3v) is 3.09. The first-order valence-electron chi connectivity index (χ1n) is 6.97. The normalized spacial score (nSPS) is 14.2. The van der Waals surface area contributed by atoms with Gasteiger partial charge in [0.25, 0.3) is 0 Å². The van der Waals surface area contributed by atoms with Gasteiger partial charge in [-0.1, -0.05) is 30.3 Å². The number of aryl methyl sites for hydroxylation is 1. The van der Waals surface area contributed by atoms with Gasteiger partial charge in [0, 0.05) is 6.04 Å². The van der Waals surface area contributed by atoms with Crippen molar-refractivity contribution in [3.8, 4) is 0 Å². The van der Waals surface area contributed by atoms with Crippen LogP contribution in [0.1, 0.15) is 39.7 Å². The standard InChI is InChI=1S/C16H25NO2/c1-5-19-15(18)16(4,17-13(2)3)12-11-14-9-7-6-8-10-14/h6-10,13,17H,5,11-12H2,1-4H3. The van der Waals surface area contributed by atoms with Crippen LogP contribution in [0.25, 0.3) is 0 Å². The topological polar surface area (TPSA) is 38.3 Å². The molecule has 3 heteroatoms. The van der Waals surface area contributed by atoms with Crippen LogP contribution < -0.4 is 5.32 Å². The van der Waals surface area contributed by atoms with Crippen molar-refractivity contribution >= 4 is 5.97 Å². The van der Waals surface area contributed by atoms with Gasteiger partial charge in [-0.2, -0.15) is 0 Å². The number of rotatable bonds is 7. The molecule has 0 aliphatic carbocycles. The van der Waals surface area contributed by atoms with E-state index < -0.39 is 5.54 Å². The van der Waals surface area contributed by atoms with Crippen LogP contribution in [-0.4, -0.2) is 24.2 Å². The van der Waals surface area contributed by atoms with Crippen molar-refractivity contribution in [3.63, 3.8) is 0 Å². The minimum atomic E-state index is -0.625. The number of carbonyl (C=O) groups excluding carboxylic acids is 1. The predicted octanol–water partition coefficient (Wildman–Crippen LogP) is 2.94. The monoisotopic (exact) mass is 263 g/mol. The summed E-state index contributed by atoms with van der Waals surface area (Å²) in [4.78, 5) is 12.1. The van der Waals surface area contributed by atoms with Gasteiger partial charge in [-0.05, 0) is 46.1 Å². The van der Waals surface area contributed by atoms with Crippen molar-refractivity contribution in [1.82, 2.24) is 5.32 Å². The first-order valence-corrected chi connectivity index (χ1v) is 6.97. The van der Waals surface area contributed by atoms with E-state index in [0.717, 1.165) is 12.8 Å². The third-order valence-electron chi connectivity index (χ3n) is 3.09. The van der Waals surface area contributed by atoms with Crippen molar-refractivity contribution in [3.05, 3.63) is 35.9 Å². The second-order valence-electron chi connectivity index (χ2n) is 5.34. The van der Waals surface area contributed by atoms with Crippen molar-refractivity contribution in [2.75, 3.05) is 6.61 Å². The molecule has 0 saturated carbocycles. The number of hydrogen-bond acceptors (Lipinski definition) is 3. The quantitative estimate of drug-likeness (QED) is 0.769. The smallest absolute Gasteiger partial charge is 0.326 e. The van der Waals surface area contributed by atoms with Gasteiger partial charge in [0.15, 0.2) is 0 Å². The first-order chi connectivity index (χ1) is 8.98. The van der Waals surface area contributed by atoms with E-state index in [9.17, 15) is 4.79 Å². The number of esters is 1. The van der Waals surface area contributed by atoms with E-state index in [-0.39, 0.29) is 12.0 Å². The Morgan fingerprint density at radius 1 is 1.32 bits per heavy atom. The van der Waals surface area contributed by atoms with Crippen molar-refractivity contribution in [1.29, 1.82) is 0 Å². The van der Waals surface area contributed by atoms with Gasteiger partial charge >= 0.3 is 5.97 Å². The van der Waals surface area contributed by atoms with Gasteiger partial charge in [0.05, 0.1) is 6.61 Å². The second kappa shape index (κ2) is 7.29. The van der Waals surface area contributed by atoms with Crippen LogP contribution >= 0.6 is 0 Å². The zero-order chi connectivity index (χ0) is 14.3. The van der Waals surface area contributed by atoms with Gasteiger partial charge in [-0.15, -0.1) is 0 Å². The molecule has 1 N–H and O–H groups in total. The summed E-state index contributed by atoms with van der Waals surface area (Å²) in [6, 6.07) is 10.5. The van der Waals surface area contributed by atoms with Crippen LogP contribution in [0.5, 0.6) is 0 Å². The molecule has 1 aromatic rings. The van der Waals surface area contributed by atoms with Crippen molar-refractivity contribution in [2.45, 2.75) is 52.1 Å². The Labute approximate surface area is 116 Å². The van der Waals surface area contributed by atoms with Gasteiger partial charge in [0.1, 0.15) is 5.54 Å². The summed E-state index contributed by atoms with van der Waals surface area (Å²) in [6.45, 7) is 8.26. The van der Waals surface area contributed by atoms with Crippen molar-refractivity contribution < 1.29 is 9.53 Å². The minimum Gasteiger partial charge on any atom is -0.465 e. The lowest BCUT2D eigenvalue weighted by molar-refractivity contribution is -0.151. The Morgan fingerprint density at radius 2 is 1.95 bits per heavy atom. The molecule has 0 saturated heterocycles. The maximum absolute atomic E-state index is 12.1. The molecule has 1 rings (SSSR count). The van der Waals surface area contributed by atoms with Crippen LogP contribution in [0.4, 0.5) is 0 Å². The molecule has 3 nitrogen and oxygen atoms in total. The molecule has 1 atom stereocenters. The number of nitrogens with one attached hydrogen (secondary N) is 1. The molecule has 0 amide bonds. The van der Waals surface area contributed by atoms with Gasteiger partial charge in [-0.25, -0.2) is 0 Å². The van der Waals surface area contributed by atoms with Crippen LogP contribution in [0.15, 0.2) is 30.3 Å². The zero-order valence-electron chi connectivity index (χ0n) is 12.4. The molecule has 0 aromatic heterocycles. The fourth-order valence-corrected chi connectivity index (χ4v) is 2.20. The van der Waals surface area contributed by atoms with Crippen LogP contribution in [0.3, 0.4) is 0 Å². The molecule has 0 bridgehead atoms. The fourth-order valence-electron chi connectivity index (χ4n) is 2.20. The summed E-state index contributed by atoms with van der Waals surface area (Å²) in [5.74, 6) is -0.167. The van der Waals surface area contributed by atoms with Gasteiger partial charge < -0.3 is 4.74 Å². The SMILES string of the molecule is CCOC(=O)C(C)(CCc1ccccc1)NC(C)C. The zero-order valence-corrected chi connectivity index (χ0v) is 12.4. The lowest BCUT2D eigenvalue weighted by atomic mass is 9.92. The highest BCUT2D eigenvalue weighted by Crippen LogP contribution is 2.17. The summed E-state index contributed by atoms with van der Waals surface area (Å²) in [5.41, 5.74) is 0.614. The number of carbonyl (C=O) groups is 1. The highest BCUT2D eigenvalue weighted by molar-refractivity contribution is 5.80. The number of benzene rings is 1. The average Bonchev–Trinajstić information content (AvgIpc) is 2.37. The van der Waals surface area contributed by atoms with E-state index in [2.05, 4.69) is 17.4 Å². The Morgan fingerprint density at radius 3 is 2.47 bits per heavy atom. The first kappa shape index (κ1) is 15.7. The molecule has 1 aromatic carbocycles. The fraction of sp³-hybridized carbons (Fsp3) is 0.562. The lowest BCUT2D eigenvalue weighted by Gasteiger charge is -2.30. The van der Waals surface area contributed by atoms with E-state index in [1.807, 2.05) is 45.9 Å². The number of hydrogen-bond donors (Lipinski definition) is 1. The summed E-state index contributed by atoms with van der Waals surface area (Å²) >= 11 is 0. The summed E-state index contributed by atoms with van der Waals surface area (Å²) in [7, 11) is 0. The van der Waals surface area contributed by atoms with Crippen LogP contribution in [0.2, 0.25) is 0 Å². The molecule has 0 aliphatic rings. The molecular formula is C16H25NO2. The minimum absolute atomic E-state index is 0.167. The average molecular weight is 263 g/mol. The molecule has 0 radical (unpaired) electrons. The highest BCUT2D eigenvalue weighted by atomic mass is 16.5. The maximum Gasteiger partial charge on any atom is 0.326 e. The van der Waals surface area contributed by atoms with E-state index in [1.165, 1.54) is 5.56 Å².